The molecule has 1 fully saturated rings. The maximum atomic E-state index is 13.0. The zero-order chi connectivity index (χ0) is 22.0. The fourth-order valence-electron chi connectivity index (χ4n) is 3.58. The molecule has 2 amide bonds. The van der Waals surface area contributed by atoms with Crippen molar-refractivity contribution in [2.75, 3.05) is 56.6 Å². The Balaban J connectivity index is 1.47. The molecule has 0 bridgehead atoms. The normalized spacial score (nSPS) is 17.7. The molecule has 2 aliphatic rings. The minimum atomic E-state index is -3.65. The SMILES string of the molecule is CN1CCN(S(=O)(=O)c2cccc(NC(=O)CN3C(=O)COc4ccccc43)c2)CC1. The predicted octanol–water partition coefficient (Wildman–Crippen LogP) is 0.987. The Morgan fingerprint density at radius 3 is 2.58 bits per heavy atom. The Labute approximate surface area is 181 Å². The standard InChI is InChI=1S/C21H24N4O5S/c1-23-9-11-24(12-10-23)31(28,29)17-6-4-5-16(13-17)22-20(26)14-25-18-7-2-3-8-19(18)30-15-21(25)27/h2-8,13H,9-12,14-15H2,1H3,(H,22,26). The van der Waals surface area contributed by atoms with E-state index in [4.69, 9.17) is 4.74 Å². The minimum Gasteiger partial charge on any atom is -0.482 e. The van der Waals surface area contributed by atoms with Crippen LogP contribution in [0.4, 0.5) is 11.4 Å². The van der Waals surface area contributed by atoms with Gasteiger partial charge in [0.15, 0.2) is 6.61 Å². The first-order chi connectivity index (χ1) is 14.8. The van der Waals surface area contributed by atoms with Gasteiger partial charge in [-0.05, 0) is 37.4 Å². The van der Waals surface area contributed by atoms with E-state index in [1.54, 1.807) is 36.4 Å². The van der Waals surface area contributed by atoms with Crippen molar-refractivity contribution in [3.05, 3.63) is 48.5 Å². The average Bonchev–Trinajstić information content (AvgIpc) is 2.76. The highest BCUT2D eigenvalue weighted by molar-refractivity contribution is 7.89. The summed E-state index contributed by atoms with van der Waals surface area (Å²) in [5.41, 5.74) is 0.884. The van der Waals surface area contributed by atoms with E-state index in [1.807, 2.05) is 7.05 Å². The lowest BCUT2D eigenvalue weighted by molar-refractivity contribution is -0.123. The van der Waals surface area contributed by atoms with Crippen molar-refractivity contribution in [1.82, 2.24) is 9.21 Å². The van der Waals surface area contributed by atoms with Gasteiger partial charge in [-0.25, -0.2) is 8.42 Å². The number of benzene rings is 2. The van der Waals surface area contributed by atoms with Crippen molar-refractivity contribution < 1.29 is 22.7 Å². The number of anilines is 2. The Hall–Kier alpha value is -2.95. The van der Waals surface area contributed by atoms with Crippen LogP contribution >= 0.6 is 0 Å². The lowest BCUT2D eigenvalue weighted by Gasteiger charge is -2.31. The van der Waals surface area contributed by atoms with Crippen molar-refractivity contribution in [3.8, 4) is 5.75 Å². The molecule has 1 N–H and O–H groups in total. The Kier molecular flexibility index (Phi) is 5.94. The van der Waals surface area contributed by atoms with Crippen LogP contribution in [0.5, 0.6) is 5.75 Å². The summed E-state index contributed by atoms with van der Waals surface area (Å²) < 4.78 is 32.8. The lowest BCUT2D eigenvalue weighted by Crippen LogP contribution is -2.47. The lowest BCUT2D eigenvalue weighted by atomic mass is 10.2. The van der Waals surface area contributed by atoms with Crippen LogP contribution in [0.2, 0.25) is 0 Å². The van der Waals surface area contributed by atoms with Gasteiger partial charge in [-0.3, -0.25) is 14.5 Å². The smallest absolute Gasteiger partial charge is 0.265 e. The van der Waals surface area contributed by atoms with E-state index < -0.39 is 15.9 Å². The van der Waals surface area contributed by atoms with Gasteiger partial charge in [0.1, 0.15) is 12.3 Å². The van der Waals surface area contributed by atoms with Crippen LogP contribution in [0.3, 0.4) is 0 Å². The second kappa shape index (κ2) is 8.66. The van der Waals surface area contributed by atoms with E-state index in [0.29, 0.717) is 43.3 Å². The number of rotatable bonds is 5. The number of likely N-dealkylation sites (N-methyl/N-ethyl adjacent to an activating group) is 1. The summed E-state index contributed by atoms with van der Waals surface area (Å²) in [5, 5.41) is 2.70. The molecule has 0 atom stereocenters. The van der Waals surface area contributed by atoms with Gasteiger partial charge in [-0.15, -0.1) is 0 Å². The first-order valence-electron chi connectivity index (χ1n) is 9.95. The maximum Gasteiger partial charge on any atom is 0.265 e. The highest BCUT2D eigenvalue weighted by atomic mass is 32.2. The Morgan fingerprint density at radius 2 is 1.81 bits per heavy atom. The van der Waals surface area contributed by atoms with Gasteiger partial charge in [0.25, 0.3) is 5.91 Å². The average molecular weight is 445 g/mol. The van der Waals surface area contributed by atoms with Gasteiger partial charge >= 0.3 is 0 Å². The molecule has 0 aliphatic carbocycles. The molecule has 164 valence electrons. The third-order valence-electron chi connectivity index (χ3n) is 5.33. The van der Waals surface area contributed by atoms with Crippen LogP contribution in [0.25, 0.3) is 0 Å². The second-order valence-electron chi connectivity index (χ2n) is 7.52. The molecule has 10 heteroatoms. The quantitative estimate of drug-likeness (QED) is 0.738. The molecule has 0 aromatic heterocycles. The van der Waals surface area contributed by atoms with Crippen molar-refractivity contribution in [1.29, 1.82) is 0 Å². The van der Waals surface area contributed by atoms with E-state index in [2.05, 4.69) is 10.2 Å². The summed E-state index contributed by atoms with van der Waals surface area (Å²) in [5.74, 6) is -0.213. The van der Waals surface area contributed by atoms with Crippen molar-refractivity contribution in [2.24, 2.45) is 0 Å². The van der Waals surface area contributed by atoms with Crippen molar-refractivity contribution in [3.63, 3.8) is 0 Å². The summed E-state index contributed by atoms with van der Waals surface area (Å²) >= 11 is 0. The fourth-order valence-corrected chi connectivity index (χ4v) is 5.05. The summed E-state index contributed by atoms with van der Waals surface area (Å²) in [4.78, 5) is 28.4. The van der Waals surface area contributed by atoms with Crippen LogP contribution < -0.4 is 15.0 Å². The van der Waals surface area contributed by atoms with Gasteiger partial charge in [0, 0.05) is 31.9 Å². The third kappa shape index (κ3) is 4.55. The van der Waals surface area contributed by atoms with Gasteiger partial charge in [0.2, 0.25) is 15.9 Å². The number of hydrogen-bond donors (Lipinski definition) is 1. The monoisotopic (exact) mass is 444 g/mol. The number of piperazine rings is 1. The van der Waals surface area contributed by atoms with Crippen LogP contribution in [-0.2, 0) is 19.6 Å². The topological polar surface area (TPSA) is 99.3 Å². The molecular weight excluding hydrogens is 420 g/mol. The molecule has 2 aromatic carbocycles. The number of nitrogens with one attached hydrogen (secondary N) is 1. The summed E-state index contributed by atoms with van der Waals surface area (Å²) in [6, 6.07) is 13.2. The molecular formula is C21H24N4O5S. The number of ether oxygens (including phenoxy) is 1. The zero-order valence-corrected chi connectivity index (χ0v) is 18.0. The predicted molar refractivity (Wildman–Crippen MR) is 116 cm³/mol. The number of sulfonamides is 1. The number of carbonyl (C=O) groups is 2. The molecule has 2 aromatic rings. The number of nitrogens with zero attached hydrogens (tertiary/aromatic N) is 3. The fraction of sp³-hybridized carbons (Fsp3) is 0.333. The zero-order valence-electron chi connectivity index (χ0n) is 17.2. The van der Waals surface area contributed by atoms with E-state index in [1.165, 1.54) is 21.3 Å². The Morgan fingerprint density at radius 1 is 1.06 bits per heavy atom. The number of para-hydroxylation sites is 2. The van der Waals surface area contributed by atoms with E-state index in [9.17, 15) is 18.0 Å². The first-order valence-corrected chi connectivity index (χ1v) is 11.4. The number of carbonyl (C=O) groups excluding carboxylic acids is 2. The maximum absolute atomic E-state index is 13.0. The van der Waals surface area contributed by atoms with E-state index in [0.717, 1.165) is 0 Å². The third-order valence-corrected chi connectivity index (χ3v) is 7.22. The summed E-state index contributed by atoms with van der Waals surface area (Å²) in [6.07, 6.45) is 0. The molecule has 0 spiro atoms. The summed E-state index contributed by atoms with van der Waals surface area (Å²) in [7, 11) is -1.69. The molecule has 0 radical (unpaired) electrons. The molecule has 2 heterocycles. The van der Waals surface area contributed by atoms with E-state index in [-0.39, 0.29) is 24.0 Å². The highest BCUT2D eigenvalue weighted by Crippen LogP contribution is 2.31. The van der Waals surface area contributed by atoms with Crippen molar-refractivity contribution >= 4 is 33.2 Å². The molecule has 9 nitrogen and oxygen atoms in total. The van der Waals surface area contributed by atoms with Gasteiger partial charge in [-0.2, -0.15) is 4.31 Å². The molecule has 2 aliphatic heterocycles. The first kappa shape index (κ1) is 21.3. The van der Waals surface area contributed by atoms with Gasteiger partial charge in [-0.1, -0.05) is 18.2 Å². The molecule has 0 saturated carbocycles. The molecule has 31 heavy (non-hydrogen) atoms. The van der Waals surface area contributed by atoms with Gasteiger partial charge in [0.05, 0.1) is 10.6 Å². The van der Waals surface area contributed by atoms with Crippen molar-refractivity contribution in [2.45, 2.75) is 4.90 Å². The molecule has 1 saturated heterocycles. The minimum absolute atomic E-state index is 0.127. The van der Waals surface area contributed by atoms with Crippen LogP contribution in [0, 0.1) is 0 Å². The molecule has 4 rings (SSSR count). The molecule has 0 unspecified atom stereocenters. The summed E-state index contributed by atoms with van der Waals surface area (Å²) in [6.45, 7) is 1.86. The largest absolute Gasteiger partial charge is 0.482 e. The number of fused-ring (bicyclic) bond motifs is 1. The number of hydrogen-bond acceptors (Lipinski definition) is 6. The number of amides is 2. The second-order valence-corrected chi connectivity index (χ2v) is 9.46. The van der Waals surface area contributed by atoms with Crippen LogP contribution in [0.1, 0.15) is 0 Å². The highest BCUT2D eigenvalue weighted by Gasteiger charge is 2.29. The van der Waals surface area contributed by atoms with E-state index >= 15 is 0 Å². The van der Waals surface area contributed by atoms with Crippen LogP contribution in [-0.4, -0.2) is 75.8 Å². The van der Waals surface area contributed by atoms with Gasteiger partial charge < -0.3 is 15.0 Å². The van der Waals surface area contributed by atoms with Crippen LogP contribution in [0.15, 0.2) is 53.4 Å². The Bertz CT molecular complexity index is 1100.